The van der Waals surface area contributed by atoms with Gasteiger partial charge >= 0.3 is 0 Å². The van der Waals surface area contributed by atoms with E-state index in [0.29, 0.717) is 18.1 Å². The maximum absolute atomic E-state index is 14.5. The van der Waals surface area contributed by atoms with Crippen molar-refractivity contribution in [1.82, 2.24) is 4.90 Å². The minimum absolute atomic E-state index is 0.0934. The molecule has 3 atom stereocenters. The van der Waals surface area contributed by atoms with Gasteiger partial charge in [0.15, 0.2) is 0 Å². The maximum Gasteiger partial charge on any atom is 0.141 e. The average molecular weight is 419 g/mol. The second kappa shape index (κ2) is 8.26. The molecule has 5 heteroatoms. The lowest BCUT2D eigenvalue weighted by molar-refractivity contribution is 0.239. The summed E-state index contributed by atoms with van der Waals surface area (Å²) < 4.78 is 14.5. The van der Waals surface area contributed by atoms with Gasteiger partial charge in [0.25, 0.3) is 0 Å². The van der Waals surface area contributed by atoms with E-state index in [1.165, 1.54) is 43.0 Å². The SMILES string of the molecule is CC1CCN(c2ccc(CN3[C@@H]4CC[C@H]3[C@@H](N)C4)cc2-c2ccc(C#N)c(F)c2)CC1. The Bertz CT molecular complexity index is 1000. The largest absolute Gasteiger partial charge is 0.371 e. The Kier molecular flexibility index (Phi) is 5.45. The zero-order valence-corrected chi connectivity index (χ0v) is 18.2. The Morgan fingerprint density at radius 2 is 1.90 bits per heavy atom. The van der Waals surface area contributed by atoms with Crippen LogP contribution in [0.25, 0.3) is 11.1 Å². The highest BCUT2D eigenvalue weighted by Crippen LogP contribution is 2.40. The van der Waals surface area contributed by atoms with Gasteiger partial charge in [-0.2, -0.15) is 5.26 Å². The highest BCUT2D eigenvalue weighted by atomic mass is 19.1. The van der Waals surface area contributed by atoms with Crippen LogP contribution >= 0.6 is 0 Å². The number of hydrogen-bond donors (Lipinski definition) is 1. The number of halogens is 1. The lowest BCUT2D eigenvalue weighted by Gasteiger charge is -2.34. The molecule has 3 saturated heterocycles. The number of nitrogens with two attached hydrogens (primary N) is 1. The Morgan fingerprint density at radius 3 is 2.55 bits per heavy atom. The van der Waals surface area contributed by atoms with Gasteiger partial charge in [-0.1, -0.05) is 19.1 Å². The molecule has 2 aromatic carbocycles. The van der Waals surface area contributed by atoms with Crippen molar-refractivity contribution in [3.63, 3.8) is 0 Å². The van der Waals surface area contributed by atoms with Crippen molar-refractivity contribution in [2.24, 2.45) is 11.7 Å². The van der Waals surface area contributed by atoms with Crippen molar-refractivity contribution in [2.45, 2.75) is 63.7 Å². The van der Waals surface area contributed by atoms with Crippen molar-refractivity contribution in [1.29, 1.82) is 5.26 Å². The summed E-state index contributed by atoms with van der Waals surface area (Å²) in [7, 11) is 0. The van der Waals surface area contributed by atoms with Crippen LogP contribution in [0.5, 0.6) is 0 Å². The molecule has 3 heterocycles. The number of piperidine rings is 1. The van der Waals surface area contributed by atoms with Crippen LogP contribution in [0.1, 0.15) is 50.2 Å². The quantitative estimate of drug-likeness (QED) is 0.784. The predicted octanol–water partition coefficient (Wildman–Crippen LogP) is 4.66. The third-order valence-electron chi connectivity index (χ3n) is 7.68. The zero-order chi connectivity index (χ0) is 21.5. The van der Waals surface area contributed by atoms with Gasteiger partial charge in [-0.15, -0.1) is 0 Å². The second-order valence-electron chi connectivity index (χ2n) is 9.70. The Labute approximate surface area is 184 Å². The third-order valence-corrected chi connectivity index (χ3v) is 7.68. The van der Waals surface area contributed by atoms with E-state index in [-0.39, 0.29) is 5.56 Å². The molecule has 0 aromatic heterocycles. The Hall–Kier alpha value is -2.42. The molecular formula is C26H31FN4. The molecule has 3 fully saturated rings. The van der Waals surface area contributed by atoms with E-state index in [1.54, 1.807) is 6.07 Å². The minimum Gasteiger partial charge on any atom is -0.371 e. The molecule has 31 heavy (non-hydrogen) atoms. The van der Waals surface area contributed by atoms with Crippen LogP contribution in [0.3, 0.4) is 0 Å². The zero-order valence-electron chi connectivity index (χ0n) is 18.2. The number of benzene rings is 2. The topological polar surface area (TPSA) is 56.3 Å². The van der Waals surface area contributed by atoms with E-state index in [4.69, 9.17) is 11.0 Å². The summed E-state index contributed by atoms with van der Waals surface area (Å²) in [5.41, 5.74) is 10.8. The molecule has 162 valence electrons. The lowest BCUT2D eigenvalue weighted by Crippen LogP contribution is -2.36. The number of nitriles is 1. The number of fused-ring (bicyclic) bond motifs is 2. The number of hydrogen-bond acceptors (Lipinski definition) is 4. The van der Waals surface area contributed by atoms with Crippen LogP contribution in [0, 0.1) is 23.1 Å². The Balaban J connectivity index is 1.50. The summed E-state index contributed by atoms with van der Waals surface area (Å²) in [6.07, 6.45) is 5.90. The van der Waals surface area contributed by atoms with Gasteiger partial charge in [-0.05, 0) is 73.4 Å². The smallest absolute Gasteiger partial charge is 0.141 e. The molecule has 0 spiro atoms. The monoisotopic (exact) mass is 418 g/mol. The molecule has 0 saturated carbocycles. The maximum atomic E-state index is 14.5. The number of rotatable bonds is 4. The first-order chi connectivity index (χ1) is 15.0. The van der Waals surface area contributed by atoms with E-state index in [1.807, 2.05) is 12.1 Å². The molecular weight excluding hydrogens is 387 g/mol. The van der Waals surface area contributed by atoms with Gasteiger partial charge in [0, 0.05) is 49.0 Å². The summed E-state index contributed by atoms with van der Waals surface area (Å²) in [4.78, 5) is 5.01. The van der Waals surface area contributed by atoms with E-state index in [0.717, 1.165) is 43.1 Å². The lowest BCUT2D eigenvalue weighted by atomic mass is 9.95. The van der Waals surface area contributed by atoms with E-state index in [9.17, 15) is 4.39 Å². The molecule has 0 aliphatic carbocycles. The van der Waals surface area contributed by atoms with Gasteiger partial charge in [0.1, 0.15) is 11.9 Å². The summed E-state index contributed by atoms with van der Waals surface area (Å²) >= 11 is 0. The first kappa shape index (κ1) is 20.5. The molecule has 3 aliphatic rings. The van der Waals surface area contributed by atoms with E-state index in [2.05, 4.69) is 34.9 Å². The van der Waals surface area contributed by atoms with Crippen LogP contribution in [0.2, 0.25) is 0 Å². The highest BCUT2D eigenvalue weighted by molar-refractivity contribution is 5.80. The van der Waals surface area contributed by atoms with Crippen LogP contribution in [0.15, 0.2) is 36.4 Å². The Morgan fingerprint density at radius 1 is 1.10 bits per heavy atom. The standard InChI is InChI=1S/C26H31FN4/c1-17-8-10-30(11-9-17)25-6-2-18(16-31-21-5-7-26(31)24(29)14-21)12-22(25)19-3-4-20(15-28)23(27)13-19/h2-4,6,12-13,17,21,24,26H,5,7-11,14,16,29H2,1H3/t21-,24+,26+/m1/s1. The number of nitrogens with zero attached hydrogens (tertiary/aromatic N) is 3. The van der Waals surface area contributed by atoms with Crippen LogP contribution in [0.4, 0.5) is 10.1 Å². The van der Waals surface area contributed by atoms with Crippen LogP contribution < -0.4 is 10.6 Å². The van der Waals surface area contributed by atoms with Gasteiger partial charge in [-0.25, -0.2) is 4.39 Å². The molecule has 2 aromatic rings. The molecule has 0 unspecified atom stereocenters. The molecule has 2 bridgehead atoms. The molecule has 5 rings (SSSR count). The van der Waals surface area contributed by atoms with Gasteiger partial charge in [0.2, 0.25) is 0 Å². The van der Waals surface area contributed by atoms with Crippen molar-refractivity contribution in [2.75, 3.05) is 18.0 Å². The molecule has 3 aliphatic heterocycles. The first-order valence-corrected chi connectivity index (χ1v) is 11.6. The fourth-order valence-electron chi connectivity index (χ4n) is 5.82. The first-order valence-electron chi connectivity index (χ1n) is 11.6. The molecule has 0 amide bonds. The van der Waals surface area contributed by atoms with Gasteiger partial charge < -0.3 is 10.6 Å². The van der Waals surface area contributed by atoms with Crippen molar-refractivity contribution >= 4 is 5.69 Å². The third kappa shape index (κ3) is 3.84. The summed E-state index contributed by atoms with van der Waals surface area (Å²) in [5.74, 6) is 0.299. The molecule has 4 nitrogen and oxygen atoms in total. The van der Waals surface area contributed by atoms with Crippen molar-refractivity contribution in [3.05, 3.63) is 53.3 Å². The number of anilines is 1. The summed E-state index contributed by atoms with van der Waals surface area (Å²) in [5, 5.41) is 9.13. The van der Waals surface area contributed by atoms with Crippen molar-refractivity contribution in [3.8, 4) is 17.2 Å². The highest BCUT2D eigenvalue weighted by Gasteiger charge is 2.44. The van der Waals surface area contributed by atoms with Crippen LogP contribution in [-0.2, 0) is 6.54 Å². The average Bonchev–Trinajstić information content (AvgIpc) is 3.29. The summed E-state index contributed by atoms with van der Waals surface area (Å²) in [6, 6.07) is 15.0. The van der Waals surface area contributed by atoms with Crippen LogP contribution in [-0.4, -0.2) is 36.1 Å². The normalized spacial score (nSPS) is 26.4. The van der Waals surface area contributed by atoms with Gasteiger partial charge in [-0.3, -0.25) is 4.90 Å². The van der Waals surface area contributed by atoms with Gasteiger partial charge in [0.05, 0.1) is 5.56 Å². The molecule has 0 radical (unpaired) electrons. The van der Waals surface area contributed by atoms with E-state index >= 15 is 0 Å². The second-order valence-corrected chi connectivity index (χ2v) is 9.70. The fourth-order valence-corrected chi connectivity index (χ4v) is 5.82. The molecule has 2 N–H and O–H groups in total. The van der Waals surface area contributed by atoms with Crippen molar-refractivity contribution < 1.29 is 4.39 Å². The van der Waals surface area contributed by atoms with E-state index < -0.39 is 5.82 Å². The fraction of sp³-hybridized carbons (Fsp3) is 0.500. The minimum atomic E-state index is -0.452. The predicted molar refractivity (Wildman–Crippen MR) is 122 cm³/mol. The summed E-state index contributed by atoms with van der Waals surface area (Å²) in [6.45, 7) is 5.26.